The summed E-state index contributed by atoms with van der Waals surface area (Å²) in [7, 11) is 0. The van der Waals surface area contributed by atoms with Crippen LogP contribution in [0.5, 0.6) is 0 Å². The first-order valence-electron chi connectivity index (χ1n) is 3.79. The lowest BCUT2D eigenvalue weighted by atomic mass is 10.3. The molecule has 0 unspecified atom stereocenters. The van der Waals surface area contributed by atoms with Crippen molar-refractivity contribution < 1.29 is 9.53 Å². The molecule has 6 heteroatoms. The Kier molecular flexibility index (Phi) is 4.13. The normalized spacial score (nSPS) is 9.93. The molecular weight excluding hydrogens is 227 g/mol. The number of rotatable bonds is 3. The van der Waals surface area contributed by atoms with E-state index < -0.39 is 5.97 Å². The van der Waals surface area contributed by atoms with Crippen LogP contribution in [0.3, 0.4) is 0 Å². The minimum atomic E-state index is -0.478. The molecule has 2 N–H and O–H groups in total. The van der Waals surface area contributed by atoms with Gasteiger partial charge < -0.3 is 10.5 Å². The van der Waals surface area contributed by atoms with Gasteiger partial charge in [0.1, 0.15) is 16.9 Å². The number of hydrogen-bond acceptors (Lipinski definition) is 4. The van der Waals surface area contributed by atoms with E-state index in [0.717, 1.165) is 0 Å². The topological polar surface area (TPSA) is 65.2 Å². The molecule has 1 aromatic rings. The van der Waals surface area contributed by atoms with Crippen molar-refractivity contribution in [3.8, 4) is 0 Å². The molecule has 4 nitrogen and oxygen atoms in total. The number of nitrogens with two attached hydrogens (primary N) is 1. The fraction of sp³-hybridized carbons (Fsp3) is 0.250. The van der Waals surface area contributed by atoms with E-state index in [9.17, 15) is 4.79 Å². The number of aromatic nitrogens is 1. The van der Waals surface area contributed by atoms with E-state index in [-0.39, 0.29) is 23.5 Å². The van der Waals surface area contributed by atoms with Crippen LogP contribution in [0.15, 0.2) is 12.1 Å². The summed E-state index contributed by atoms with van der Waals surface area (Å²) in [6.07, 6.45) is 0. The third kappa shape index (κ3) is 3.49. The molecule has 0 aliphatic heterocycles. The van der Waals surface area contributed by atoms with Gasteiger partial charge in [0, 0.05) is 0 Å². The number of halogens is 2. The maximum Gasteiger partial charge on any atom is 0.320 e. The summed E-state index contributed by atoms with van der Waals surface area (Å²) < 4.78 is 4.78. The Morgan fingerprint density at radius 1 is 1.43 bits per heavy atom. The van der Waals surface area contributed by atoms with Gasteiger partial charge in [-0.25, -0.2) is 4.98 Å². The minimum Gasteiger partial charge on any atom is -0.460 e. The van der Waals surface area contributed by atoms with Crippen molar-refractivity contribution in [2.45, 2.75) is 6.61 Å². The van der Waals surface area contributed by atoms with E-state index in [4.69, 9.17) is 33.7 Å². The van der Waals surface area contributed by atoms with Crippen LogP contribution in [0, 0.1) is 0 Å². The maximum atomic E-state index is 10.7. The summed E-state index contributed by atoms with van der Waals surface area (Å²) in [6, 6.07) is 3.13. The molecule has 0 radical (unpaired) electrons. The lowest BCUT2D eigenvalue weighted by Gasteiger charge is -2.03. The number of pyridine rings is 1. The zero-order valence-electron chi connectivity index (χ0n) is 7.17. The number of ether oxygens (including phenoxy) is 1. The van der Waals surface area contributed by atoms with Crippen LogP contribution in [0.1, 0.15) is 5.56 Å². The Morgan fingerprint density at radius 2 is 2.00 bits per heavy atom. The van der Waals surface area contributed by atoms with Crippen molar-refractivity contribution >= 4 is 29.2 Å². The summed E-state index contributed by atoms with van der Waals surface area (Å²) in [4.78, 5) is 14.5. The Bertz CT molecular complexity index is 324. The molecule has 0 bridgehead atoms. The van der Waals surface area contributed by atoms with Gasteiger partial charge in [0.25, 0.3) is 0 Å². The van der Waals surface area contributed by atoms with Crippen molar-refractivity contribution in [2.24, 2.45) is 5.73 Å². The lowest BCUT2D eigenvalue weighted by molar-refractivity contribution is -0.143. The van der Waals surface area contributed by atoms with Gasteiger partial charge in [-0.15, -0.1) is 0 Å². The maximum absolute atomic E-state index is 10.7. The second-order valence-corrected chi connectivity index (χ2v) is 3.26. The monoisotopic (exact) mass is 234 g/mol. The van der Waals surface area contributed by atoms with Crippen molar-refractivity contribution in [3.63, 3.8) is 0 Å². The first-order chi connectivity index (χ1) is 6.61. The smallest absolute Gasteiger partial charge is 0.320 e. The van der Waals surface area contributed by atoms with E-state index >= 15 is 0 Å². The molecule has 1 aromatic heterocycles. The second kappa shape index (κ2) is 5.14. The highest BCUT2D eigenvalue weighted by atomic mass is 35.5. The molecule has 1 rings (SSSR count). The molecule has 0 saturated carbocycles. The van der Waals surface area contributed by atoms with E-state index in [2.05, 4.69) is 4.98 Å². The third-order valence-electron chi connectivity index (χ3n) is 1.39. The largest absolute Gasteiger partial charge is 0.460 e. The highest BCUT2D eigenvalue weighted by Gasteiger charge is 2.02. The SMILES string of the molecule is NCC(=O)OCc1cc(Cl)nc(Cl)c1. The Labute approximate surface area is 91.0 Å². The van der Waals surface area contributed by atoms with E-state index in [1.165, 1.54) is 0 Å². The first-order valence-corrected chi connectivity index (χ1v) is 4.55. The molecule has 0 aromatic carbocycles. The predicted octanol–water partition coefficient (Wildman–Crippen LogP) is 1.39. The van der Waals surface area contributed by atoms with Crippen molar-refractivity contribution in [2.75, 3.05) is 6.54 Å². The van der Waals surface area contributed by atoms with E-state index in [1.807, 2.05) is 0 Å². The van der Waals surface area contributed by atoms with Gasteiger partial charge in [0.05, 0.1) is 6.54 Å². The number of esters is 1. The van der Waals surface area contributed by atoms with Gasteiger partial charge in [-0.2, -0.15) is 0 Å². The third-order valence-corrected chi connectivity index (χ3v) is 1.78. The molecule has 0 saturated heterocycles. The van der Waals surface area contributed by atoms with Crippen LogP contribution in [0.25, 0.3) is 0 Å². The number of carbonyl (C=O) groups is 1. The molecule has 0 spiro atoms. The van der Waals surface area contributed by atoms with Crippen LogP contribution >= 0.6 is 23.2 Å². The van der Waals surface area contributed by atoms with Gasteiger partial charge in [0.15, 0.2) is 0 Å². The zero-order valence-corrected chi connectivity index (χ0v) is 8.68. The number of carbonyl (C=O) groups excluding carboxylic acids is 1. The molecular formula is C8H8Cl2N2O2. The van der Waals surface area contributed by atoms with Gasteiger partial charge in [-0.3, -0.25) is 4.79 Å². The minimum absolute atomic E-state index is 0.0952. The average molecular weight is 235 g/mol. The van der Waals surface area contributed by atoms with Crippen molar-refractivity contribution in [3.05, 3.63) is 28.0 Å². The fourth-order valence-corrected chi connectivity index (χ4v) is 1.33. The molecule has 14 heavy (non-hydrogen) atoms. The summed E-state index contributed by atoms with van der Waals surface area (Å²) in [6.45, 7) is -0.0511. The molecule has 76 valence electrons. The Morgan fingerprint density at radius 3 is 2.50 bits per heavy atom. The Hall–Kier alpha value is -0.840. The zero-order chi connectivity index (χ0) is 10.6. The lowest BCUT2D eigenvalue weighted by Crippen LogP contribution is -2.16. The summed E-state index contributed by atoms with van der Waals surface area (Å²) in [5, 5.41) is 0.521. The van der Waals surface area contributed by atoms with Crippen LogP contribution in [0.4, 0.5) is 0 Å². The highest BCUT2D eigenvalue weighted by molar-refractivity contribution is 6.32. The number of hydrogen-bond donors (Lipinski definition) is 1. The van der Waals surface area contributed by atoms with Crippen molar-refractivity contribution in [1.29, 1.82) is 0 Å². The second-order valence-electron chi connectivity index (χ2n) is 2.49. The predicted molar refractivity (Wildman–Crippen MR) is 53.1 cm³/mol. The van der Waals surface area contributed by atoms with Crippen LogP contribution < -0.4 is 5.73 Å². The quantitative estimate of drug-likeness (QED) is 0.635. The van der Waals surface area contributed by atoms with E-state index in [0.29, 0.717) is 5.56 Å². The van der Waals surface area contributed by atoms with Gasteiger partial charge in [0.2, 0.25) is 0 Å². The van der Waals surface area contributed by atoms with E-state index in [1.54, 1.807) is 12.1 Å². The standard InChI is InChI=1S/C8H8Cl2N2O2/c9-6-1-5(2-7(10)12-6)4-14-8(13)3-11/h1-2H,3-4,11H2. The molecule has 0 atom stereocenters. The molecule has 1 heterocycles. The van der Waals surface area contributed by atoms with Crippen LogP contribution in [-0.2, 0) is 16.1 Å². The van der Waals surface area contributed by atoms with Gasteiger partial charge in [-0.1, -0.05) is 23.2 Å². The summed E-state index contributed by atoms with van der Waals surface area (Å²) in [5.41, 5.74) is 5.73. The molecule has 0 fully saturated rings. The van der Waals surface area contributed by atoms with Crippen LogP contribution in [-0.4, -0.2) is 17.5 Å². The van der Waals surface area contributed by atoms with Crippen molar-refractivity contribution in [1.82, 2.24) is 4.98 Å². The Balaban J connectivity index is 2.63. The fourth-order valence-electron chi connectivity index (χ4n) is 0.820. The first kappa shape index (κ1) is 11.2. The summed E-state index contributed by atoms with van der Waals surface area (Å²) >= 11 is 11.3. The molecule has 0 aliphatic carbocycles. The highest BCUT2D eigenvalue weighted by Crippen LogP contribution is 2.15. The molecule has 0 aliphatic rings. The number of nitrogens with zero attached hydrogens (tertiary/aromatic N) is 1. The van der Waals surface area contributed by atoms with Crippen LogP contribution in [0.2, 0.25) is 10.3 Å². The average Bonchev–Trinajstić information content (AvgIpc) is 2.12. The van der Waals surface area contributed by atoms with Gasteiger partial charge in [-0.05, 0) is 17.7 Å². The van der Waals surface area contributed by atoms with Gasteiger partial charge >= 0.3 is 5.97 Å². The summed E-state index contributed by atoms with van der Waals surface area (Å²) in [5.74, 6) is -0.478. The molecule has 0 amide bonds.